The van der Waals surface area contributed by atoms with Crippen LogP contribution in [0.3, 0.4) is 0 Å². The van der Waals surface area contributed by atoms with Crippen molar-refractivity contribution < 1.29 is 28.8 Å². The van der Waals surface area contributed by atoms with Gasteiger partial charge in [-0.3, -0.25) is 24.1 Å². The third-order valence-corrected chi connectivity index (χ3v) is 6.48. The summed E-state index contributed by atoms with van der Waals surface area (Å²) in [6.07, 6.45) is 3.37. The second-order valence-electron chi connectivity index (χ2n) is 10.5. The Morgan fingerprint density at radius 2 is 1.97 bits per heavy atom. The number of rotatable bonds is 6. The Bertz CT molecular complexity index is 1120. The number of nitrogens with one attached hydrogen (secondary N) is 1. The molecule has 2 atom stereocenters. The lowest BCUT2D eigenvalue weighted by Gasteiger charge is -2.33. The number of hydrogen-bond donors (Lipinski definition) is 1. The summed E-state index contributed by atoms with van der Waals surface area (Å²) in [4.78, 5) is 48.9. The highest BCUT2D eigenvalue weighted by molar-refractivity contribution is 5.76. The van der Waals surface area contributed by atoms with E-state index in [0.29, 0.717) is 19.6 Å². The average molecular weight is 529 g/mol. The van der Waals surface area contributed by atoms with Gasteiger partial charge in [-0.2, -0.15) is 10.2 Å². The van der Waals surface area contributed by atoms with Crippen molar-refractivity contribution in [2.24, 2.45) is 7.05 Å². The van der Waals surface area contributed by atoms with E-state index in [-0.39, 0.29) is 18.6 Å². The summed E-state index contributed by atoms with van der Waals surface area (Å²) in [6.45, 7) is 8.28. The smallest absolute Gasteiger partial charge is 0.410 e. The first-order valence-electron chi connectivity index (χ1n) is 12.7. The Labute approximate surface area is 222 Å². The average Bonchev–Trinajstić information content (AvgIpc) is 3.37. The number of fused-ring (bicyclic) bond motifs is 3. The topological polar surface area (TPSA) is 118 Å². The zero-order valence-corrected chi connectivity index (χ0v) is 22.3. The fourth-order valence-corrected chi connectivity index (χ4v) is 4.66. The first kappa shape index (κ1) is 27.4. The van der Waals surface area contributed by atoms with Crippen LogP contribution in [0, 0.1) is 0 Å². The number of ether oxygens (including phenoxy) is 1. The van der Waals surface area contributed by atoms with E-state index >= 15 is 0 Å². The van der Waals surface area contributed by atoms with Gasteiger partial charge in [0.1, 0.15) is 18.3 Å². The van der Waals surface area contributed by atoms with Crippen molar-refractivity contribution in [2.45, 2.75) is 64.5 Å². The molecule has 4 amide bonds. The highest BCUT2D eigenvalue weighted by Gasteiger charge is 2.41. The Kier molecular flexibility index (Phi) is 8.52. The number of carbonyl (C=O) groups is 3. The van der Waals surface area contributed by atoms with E-state index in [9.17, 15) is 14.4 Å². The van der Waals surface area contributed by atoms with Gasteiger partial charge in [-0.25, -0.2) is 15.1 Å². The van der Waals surface area contributed by atoms with Crippen LogP contribution in [0.2, 0.25) is 0 Å². The van der Waals surface area contributed by atoms with E-state index in [2.05, 4.69) is 10.6 Å². The van der Waals surface area contributed by atoms with Crippen LogP contribution in [0.15, 0.2) is 36.5 Å². The lowest BCUT2D eigenvalue weighted by molar-refractivity contribution is -0.140. The number of amides is 4. The van der Waals surface area contributed by atoms with Crippen molar-refractivity contribution in [2.75, 3.05) is 19.6 Å². The van der Waals surface area contributed by atoms with Crippen molar-refractivity contribution in [3.8, 4) is 0 Å². The number of hydrogen-bond acceptors (Lipinski definition) is 7. The minimum absolute atomic E-state index is 0.0310. The summed E-state index contributed by atoms with van der Waals surface area (Å²) in [7, 11) is 1.79. The highest BCUT2D eigenvalue weighted by Crippen LogP contribution is 2.29. The van der Waals surface area contributed by atoms with Crippen LogP contribution in [0.1, 0.15) is 56.5 Å². The van der Waals surface area contributed by atoms with Crippen molar-refractivity contribution in [1.29, 1.82) is 0 Å². The van der Waals surface area contributed by atoms with E-state index in [1.807, 2.05) is 56.0 Å². The summed E-state index contributed by atoms with van der Waals surface area (Å²) in [5.41, 5.74) is 4.41. The first-order chi connectivity index (χ1) is 18.2. The zero-order chi connectivity index (χ0) is 27.3. The SMILES string of the molecule is Cn1ncc2c1CN(C(=O)OC(C)(C)C)CC2ONC=O.O=C1N2CCCC(C2)N1OCc1ccccc1. The van der Waals surface area contributed by atoms with E-state index in [4.69, 9.17) is 14.4 Å². The molecule has 0 saturated carbocycles. The number of nitrogens with zero attached hydrogens (tertiary/aromatic N) is 5. The maximum atomic E-state index is 12.2. The zero-order valence-electron chi connectivity index (χ0n) is 22.3. The van der Waals surface area contributed by atoms with Gasteiger partial charge in [0.25, 0.3) is 0 Å². The van der Waals surface area contributed by atoms with Crippen molar-refractivity contribution in [1.82, 2.24) is 30.1 Å². The predicted octanol–water partition coefficient (Wildman–Crippen LogP) is 2.91. The lowest BCUT2D eigenvalue weighted by atomic mass is 10.1. The molecule has 0 radical (unpaired) electrons. The Hall–Kier alpha value is -3.64. The molecule has 2 unspecified atom stereocenters. The van der Waals surface area contributed by atoms with Crippen molar-refractivity contribution >= 4 is 18.5 Å². The molecule has 1 N–H and O–H groups in total. The quantitative estimate of drug-likeness (QED) is 0.452. The fraction of sp³-hybridized carbons (Fsp3) is 0.538. The Morgan fingerprint density at radius 1 is 1.21 bits per heavy atom. The second kappa shape index (κ2) is 11.8. The van der Waals surface area contributed by atoms with Crippen LogP contribution in [0.4, 0.5) is 9.59 Å². The minimum atomic E-state index is -0.568. The molecule has 2 fully saturated rings. The normalized spacial score (nSPS) is 20.4. The molecule has 2 saturated heterocycles. The summed E-state index contributed by atoms with van der Waals surface area (Å²) in [5.74, 6) is 0. The minimum Gasteiger partial charge on any atom is -0.444 e. The molecule has 4 heterocycles. The maximum absolute atomic E-state index is 12.2. The first-order valence-corrected chi connectivity index (χ1v) is 12.7. The number of urea groups is 1. The van der Waals surface area contributed by atoms with E-state index in [1.54, 1.807) is 23.0 Å². The molecular formula is C26H36N6O6. The monoisotopic (exact) mass is 528 g/mol. The number of benzene rings is 1. The van der Waals surface area contributed by atoms with E-state index < -0.39 is 17.8 Å². The van der Waals surface area contributed by atoms with Gasteiger partial charge >= 0.3 is 12.1 Å². The van der Waals surface area contributed by atoms with Gasteiger partial charge in [0.2, 0.25) is 6.41 Å². The van der Waals surface area contributed by atoms with Crippen LogP contribution >= 0.6 is 0 Å². The number of aromatic nitrogens is 2. The van der Waals surface area contributed by atoms with Crippen molar-refractivity contribution in [3.05, 3.63) is 53.3 Å². The number of carbonyl (C=O) groups excluding carboxylic acids is 3. The van der Waals surface area contributed by atoms with Gasteiger partial charge in [-0.05, 0) is 39.2 Å². The number of piperidine rings is 1. The molecule has 3 aliphatic heterocycles. The molecule has 3 aliphatic rings. The van der Waals surface area contributed by atoms with Gasteiger partial charge in [0.15, 0.2) is 0 Å². The van der Waals surface area contributed by atoms with Crippen LogP contribution < -0.4 is 5.48 Å². The van der Waals surface area contributed by atoms with Gasteiger partial charge in [-0.1, -0.05) is 30.3 Å². The molecule has 0 spiro atoms. The highest BCUT2D eigenvalue weighted by atomic mass is 16.7. The van der Waals surface area contributed by atoms with Gasteiger partial charge < -0.3 is 9.64 Å². The molecule has 38 heavy (non-hydrogen) atoms. The molecule has 5 rings (SSSR count). The largest absolute Gasteiger partial charge is 0.444 e. The standard InChI is InChI=1S/C13H20N4O4.C13H16N2O2/c1-13(2,3)20-12(19)17-6-10-9(5-14-16(10)4)11(7-17)21-15-8-18;16-13-14-8-4-7-12(9-14)15(13)17-10-11-5-2-1-3-6-11/h5,8,11H,6-7H2,1-4H3,(H,15,18);1-3,5-6,12H,4,7-10H2. The van der Waals surface area contributed by atoms with Crippen LogP contribution in [0.25, 0.3) is 0 Å². The molecule has 12 nitrogen and oxygen atoms in total. The molecule has 0 aliphatic carbocycles. The number of hydroxylamine groups is 3. The van der Waals surface area contributed by atoms with Crippen LogP contribution in [-0.2, 0) is 39.4 Å². The Morgan fingerprint density at radius 3 is 2.66 bits per heavy atom. The third kappa shape index (κ3) is 6.62. The molecule has 1 aromatic carbocycles. The van der Waals surface area contributed by atoms with E-state index in [0.717, 1.165) is 42.8 Å². The molecule has 206 valence electrons. The second-order valence-corrected chi connectivity index (χ2v) is 10.5. The molecule has 1 aromatic heterocycles. The number of aryl methyl sites for hydroxylation is 1. The fourth-order valence-electron chi connectivity index (χ4n) is 4.66. The molecule has 2 aromatic rings. The third-order valence-electron chi connectivity index (χ3n) is 6.48. The van der Waals surface area contributed by atoms with Gasteiger partial charge in [-0.15, -0.1) is 0 Å². The molecule has 12 heteroatoms. The molecular weight excluding hydrogens is 492 g/mol. The Balaban J connectivity index is 0.000000180. The lowest BCUT2D eigenvalue weighted by Crippen LogP contribution is -2.43. The van der Waals surface area contributed by atoms with Gasteiger partial charge in [0.05, 0.1) is 31.0 Å². The summed E-state index contributed by atoms with van der Waals surface area (Å²) < 4.78 is 7.06. The van der Waals surface area contributed by atoms with Crippen molar-refractivity contribution in [3.63, 3.8) is 0 Å². The van der Waals surface area contributed by atoms with E-state index in [1.165, 1.54) is 4.90 Å². The summed E-state index contributed by atoms with van der Waals surface area (Å²) in [5, 5.41) is 5.74. The summed E-state index contributed by atoms with van der Waals surface area (Å²) in [6, 6.07) is 10.2. The van der Waals surface area contributed by atoms with Gasteiger partial charge in [0, 0.05) is 25.7 Å². The van der Waals surface area contributed by atoms with Crippen LogP contribution in [0.5, 0.6) is 0 Å². The van der Waals surface area contributed by atoms with Crippen LogP contribution in [-0.4, -0.2) is 74.5 Å². The summed E-state index contributed by atoms with van der Waals surface area (Å²) >= 11 is 0. The predicted molar refractivity (Wildman–Crippen MR) is 136 cm³/mol. The maximum Gasteiger partial charge on any atom is 0.410 e. The molecule has 2 bridgehead atoms.